The van der Waals surface area contributed by atoms with Gasteiger partial charge >= 0.3 is 0 Å². The van der Waals surface area contributed by atoms with Crippen LogP contribution >= 0.6 is 0 Å². The number of hydrogen-bond donors (Lipinski definition) is 1. The second kappa shape index (κ2) is 5.71. The van der Waals surface area contributed by atoms with Crippen LogP contribution in [0.2, 0.25) is 0 Å². The lowest BCUT2D eigenvalue weighted by Gasteiger charge is -2.38. The Hall–Kier alpha value is -0.0800. The summed E-state index contributed by atoms with van der Waals surface area (Å²) in [5, 5.41) is 0. The third kappa shape index (κ3) is 3.96. The molecule has 0 saturated heterocycles. The third-order valence-electron chi connectivity index (χ3n) is 4.69. The summed E-state index contributed by atoms with van der Waals surface area (Å²) in [7, 11) is 0. The third-order valence-corrected chi connectivity index (χ3v) is 4.69. The Balaban J connectivity index is 1.86. The summed E-state index contributed by atoms with van der Waals surface area (Å²) in [5.41, 5.74) is 6.31. The van der Waals surface area contributed by atoms with Crippen LogP contribution < -0.4 is 5.73 Å². The standard InChI is InChI=1S/C15H30N2/c1-11(2)17(9-13-5-6-13)10-14-8-12(3)4-7-15(14)16/h11-15H,4-10,16H2,1-3H3. The van der Waals surface area contributed by atoms with Crippen molar-refractivity contribution in [2.45, 2.75) is 65.0 Å². The van der Waals surface area contributed by atoms with Crippen molar-refractivity contribution in [2.75, 3.05) is 13.1 Å². The van der Waals surface area contributed by atoms with Gasteiger partial charge in [-0.3, -0.25) is 0 Å². The van der Waals surface area contributed by atoms with Crippen molar-refractivity contribution in [3.63, 3.8) is 0 Å². The van der Waals surface area contributed by atoms with Crippen molar-refractivity contribution in [1.29, 1.82) is 0 Å². The maximum absolute atomic E-state index is 6.31. The molecule has 3 atom stereocenters. The Morgan fingerprint density at radius 1 is 1.12 bits per heavy atom. The Morgan fingerprint density at radius 3 is 2.41 bits per heavy atom. The van der Waals surface area contributed by atoms with Gasteiger partial charge < -0.3 is 10.6 Å². The highest BCUT2D eigenvalue weighted by Gasteiger charge is 2.31. The first-order valence-electron chi connectivity index (χ1n) is 7.56. The molecular weight excluding hydrogens is 208 g/mol. The van der Waals surface area contributed by atoms with E-state index >= 15 is 0 Å². The molecule has 0 aromatic carbocycles. The molecule has 2 aliphatic carbocycles. The SMILES string of the molecule is CC1CCC(N)C(CN(CC2CC2)C(C)C)C1. The molecule has 0 radical (unpaired) electrons. The first-order valence-corrected chi connectivity index (χ1v) is 7.56. The minimum Gasteiger partial charge on any atom is -0.327 e. The highest BCUT2D eigenvalue weighted by molar-refractivity contribution is 4.86. The molecule has 100 valence electrons. The average molecular weight is 238 g/mol. The Labute approximate surface area is 107 Å². The summed E-state index contributed by atoms with van der Waals surface area (Å²) < 4.78 is 0. The van der Waals surface area contributed by atoms with Crippen molar-refractivity contribution in [3.05, 3.63) is 0 Å². The molecule has 2 fully saturated rings. The van der Waals surface area contributed by atoms with Crippen molar-refractivity contribution in [3.8, 4) is 0 Å². The number of nitrogens with two attached hydrogens (primary N) is 1. The average Bonchev–Trinajstić information content (AvgIpc) is 3.06. The predicted molar refractivity (Wildman–Crippen MR) is 73.9 cm³/mol. The maximum atomic E-state index is 6.31. The van der Waals surface area contributed by atoms with Gasteiger partial charge in [-0.1, -0.05) is 6.92 Å². The van der Waals surface area contributed by atoms with Crippen LogP contribution in [0.4, 0.5) is 0 Å². The monoisotopic (exact) mass is 238 g/mol. The van der Waals surface area contributed by atoms with Crippen LogP contribution in [-0.2, 0) is 0 Å². The predicted octanol–water partition coefficient (Wildman–Crippen LogP) is 2.87. The summed E-state index contributed by atoms with van der Waals surface area (Å²) in [6.45, 7) is 9.61. The zero-order valence-electron chi connectivity index (χ0n) is 11.9. The van der Waals surface area contributed by atoms with Gasteiger partial charge in [-0.2, -0.15) is 0 Å². The summed E-state index contributed by atoms with van der Waals surface area (Å²) in [6.07, 6.45) is 6.82. The van der Waals surface area contributed by atoms with Crippen molar-refractivity contribution in [1.82, 2.24) is 4.90 Å². The van der Waals surface area contributed by atoms with Crippen LogP contribution in [0.3, 0.4) is 0 Å². The van der Waals surface area contributed by atoms with Gasteiger partial charge in [0, 0.05) is 25.2 Å². The first-order chi connectivity index (χ1) is 8.06. The quantitative estimate of drug-likeness (QED) is 0.798. The molecule has 0 heterocycles. The van der Waals surface area contributed by atoms with Crippen LogP contribution in [-0.4, -0.2) is 30.1 Å². The van der Waals surface area contributed by atoms with Crippen LogP contribution in [0.25, 0.3) is 0 Å². The highest BCUT2D eigenvalue weighted by atomic mass is 15.2. The van der Waals surface area contributed by atoms with Gasteiger partial charge in [-0.05, 0) is 63.7 Å². The van der Waals surface area contributed by atoms with Crippen LogP contribution in [0.15, 0.2) is 0 Å². The van der Waals surface area contributed by atoms with E-state index in [9.17, 15) is 0 Å². The molecule has 3 unspecified atom stereocenters. The largest absolute Gasteiger partial charge is 0.327 e. The minimum absolute atomic E-state index is 0.451. The molecule has 0 aliphatic heterocycles. The lowest BCUT2D eigenvalue weighted by atomic mass is 9.79. The molecule has 0 aromatic heterocycles. The number of nitrogens with zero attached hydrogens (tertiary/aromatic N) is 1. The second-order valence-corrected chi connectivity index (χ2v) is 6.83. The molecule has 2 aliphatic rings. The highest BCUT2D eigenvalue weighted by Crippen LogP contribution is 2.33. The molecule has 17 heavy (non-hydrogen) atoms. The summed E-state index contributed by atoms with van der Waals surface area (Å²) in [5.74, 6) is 2.62. The first kappa shape index (κ1) is 13.4. The van der Waals surface area contributed by atoms with E-state index in [1.807, 2.05) is 0 Å². The van der Waals surface area contributed by atoms with E-state index in [1.165, 1.54) is 45.2 Å². The van der Waals surface area contributed by atoms with Crippen LogP contribution in [0.5, 0.6) is 0 Å². The lowest BCUT2D eigenvalue weighted by molar-refractivity contribution is 0.132. The molecule has 2 rings (SSSR count). The zero-order chi connectivity index (χ0) is 12.4. The molecule has 0 aromatic rings. The molecule has 2 N–H and O–H groups in total. The smallest absolute Gasteiger partial charge is 0.00795 e. The topological polar surface area (TPSA) is 29.3 Å². The van der Waals surface area contributed by atoms with E-state index < -0.39 is 0 Å². The van der Waals surface area contributed by atoms with Gasteiger partial charge in [-0.15, -0.1) is 0 Å². The number of hydrogen-bond acceptors (Lipinski definition) is 2. The Kier molecular flexibility index (Phi) is 4.48. The second-order valence-electron chi connectivity index (χ2n) is 6.83. The van der Waals surface area contributed by atoms with E-state index in [2.05, 4.69) is 25.7 Å². The Bertz CT molecular complexity index is 233. The fourth-order valence-corrected chi connectivity index (χ4v) is 3.16. The lowest BCUT2D eigenvalue weighted by Crippen LogP contribution is -2.45. The van der Waals surface area contributed by atoms with Gasteiger partial charge in [0.25, 0.3) is 0 Å². The van der Waals surface area contributed by atoms with Gasteiger partial charge in [0.2, 0.25) is 0 Å². The molecule has 2 saturated carbocycles. The fourth-order valence-electron chi connectivity index (χ4n) is 3.16. The summed E-state index contributed by atoms with van der Waals surface area (Å²) in [6, 6.07) is 1.13. The fraction of sp³-hybridized carbons (Fsp3) is 1.00. The molecule has 2 nitrogen and oxygen atoms in total. The van der Waals surface area contributed by atoms with Gasteiger partial charge in [-0.25, -0.2) is 0 Å². The van der Waals surface area contributed by atoms with Gasteiger partial charge in [0.15, 0.2) is 0 Å². The maximum Gasteiger partial charge on any atom is 0.00795 e. The van der Waals surface area contributed by atoms with Crippen molar-refractivity contribution in [2.24, 2.45) is 23.5 Å². The Morgan fingerprint density at radius 2 is 1.82 bits per heavy atom. The van der Waals surface area contributed by atoms with E-state index in [-0.39, 0.29) is 0 Å². The van der Waals surface area contributed by atoms with E-state index in [0.29, 0.717) is 12.1 Å². The van der Waals surface area contributed by atoms with Crippen molar-refractivity contribution < 1.29 is 0 Å². The molecule has 2 heteroatoms. The van der Waals surface area contributed by atoms with Crippen LogP contribution in [0, 0.1) is 17.8 Å². The molecule has 0 spiro atoms. The van der Waals surface area contributed by atoms with Crippen molar-refractivity contribution >= 4 is 0 Å². The number of rotatable bonds is 5. The molecular formula is C15H30N2. The van der Waals surface area contributed by atoms with E-state index in [4.69, 9.17) is 5.73 Å². The van der Waals surface area contributed by atoms with Gasteiger partial charge in [0.05, 0.1) is 0 Å². The summed E-state index contributed by atoms with van der Waals surface area (Å²) in [4.78, 5) is 2.68. The normalized spacial score (nSPS) is 34.6. The minimum atomic E-state index is 0.451. The molecule has 0 amide bonds. The molecule has 0 bridgehead atoms. The zero-order valence-corrected chi connectivity index (χ0v) is 11.9. The van der Waals surface area contributed by atoms with E-state index in [1.54, 1.807) is 0 Å². The van der Waals surface area contributed by atoms with Crippen LogP contribution in [0.1, 0.15) is 52.9 Å². The van der Waals surface area contributed by atoms with E-state index in [0.717, 1.165) is 17.8 Å². The van der Waals surface area contributed by atoms with Gasteiger partial charge in [0.1, 0.15) is 0 Å². The summed E-state index contributed by atoms with van der Waals surface area (Å²) >= 11 is 0.